The first-order chi connectivity index (χ1) is 8.63. The van der Waals surface area contributed by atoms with Crippen LogP contribution in [0.2, 0.25) is 0 Å². The first-order valence-corrected chi connectivity index (χ1v) is 6.40. The number of carbonyl (C=O) groups excluding carboxylic acids is 1. The summed E-state index contributed by atoms with van der Waals surface area (Å²) in [7, 11) is 0. The highest BCUT2D eigenvalue weighted by atomic mass is 19.1. The van der Waals surface area contributed by atoms with Gasteiger partial charge in [-0.25, -0.2) is 4.39 Å². The molecule has 1 aliphatic rings. The van der Waals surface area contributed by atoms with Crippen LogP contribution in [0.4, 0.5) is 4.39 Å². The van der Waals surface area contributed by atoms with Gasteiger partial charge in [-0.05, 0) is 56.5 Å². The predicted octanol–water partition coefficient (Wildman–Crippen LogP) is 2.09. The number of hydrogen-bond acceptors (Lipinski definition) is 2. The van der Waals surface area contributed by atoms with Gasteiger partial charge in [-0.1, -0.05) is 0 Å². The summed E-state index contributed by atoms with van der Waals surface area (Å²) in [5.74, 6) is -0.277. The first-order valence-electron chi connectivity index (χ1n) is 6.40. The number of carbonyl (C=O) groups is 1. The molecule has 3 nitrogen and oxygen atoms in total. The summed E-state index contributed by atoms with van der Waals surface area (Å²) < 4.78 is 13.2. The van der Waals surface area contributed by atoms with E-state index >= 15 is 0 Å². The van der Waals surface area contributed by atoms with Gasteiger partial charge in [0, 0.05) is 18.2 Å². The van der Waals surface area contributed by atoms with Crippen LogP contribution in [0, 0.1) is 12.7 Å². The Kier molecular flexibility index (Phi) is 3.97. The van der Waals surface area contributed by atoms with Gasteiger partial charge in [0.15, 0.2) is 0 Å². The van der Waals surface area contributed by atoms with Gasteiger partial charge in [0.25, 0.3) is 5.91 Å². The molecule has 98 valence electrons. The van der Waals surface area contributed by atoms with Crippen molar-refractivity contribution in [1.29, 1.82) is 0 Å². The average Bonchev–Trinajstić information content (AvgIpc) is 3.17. The van der Waals surface area contributed by atoms with Gasteiger partial charge in [-0.15, -0.1) is 0 Å². The molecule has 0 atom stereocenters. The van der Waals surface area contributed by atoms with Gasteiger partial charge in [-0.3, -0.25) is 4.79 Å². The van der Waals surface area contributed by atoms with Gasteiger partial charge in [0.1, 0.15) is 5.82 Å². The van der Waals surface area contributed by atoms with E-state index in [4.69, 9.17) is 5.73 Å². The Labute approximate surface area is 107 Å². The molecule has 1 amide bonds. The van der Waals surface area contributed by atoms with Gasteiger partial charge >= 0.3 is 0 Å². The Bertz CT molecular complexity index is 443. The molecule has 4 heteroatoms. The van der Waals surface area contributed by atoms with Crippen LogP contribution in [0.15, 0.2) is 18.2 Å². The van der Waals surface area contributed by atoms with Crippen LogP contribution in [0.5, 0.6) is 0 Å². The first kappa shape index (κ1) is 13.0. The minimum absolute atomic E-state index is 0.00551. The Hall–Kier alpha value is -1.42. The highest BCUT2D eigenvalue weighted by molar-refractivity contribution is 5.94. The quantitative estimate of drug-likeness (QED) is 0.869. The molecule has 0 aromatic heterocycles. The third kappa shape index (κ3) is 2.88. The fourth-order valence-electron chi connectivity index (χ4n) is 2.04. The van der Waals surface area contributed by atoms with Crippen molar-refractivity contribution >= 4 is 5.91 Å². The Morgan fingerprint density at radius 1 is 1.50 bits per heavy atom. The summed E-state index contributed by atoms with van der Waals surface area (Å²) in [6.45, 7) is 2.95. The maximum atomic E-state index is 13.2. The topological polar surface area (TPSA) is 46.3 Å². The molecule has 0 bridgehead atoms. The SMILES string of the molecule is Cc1cc(C(=O)N(CCCN)C2CC2)ccc1F. The zero-order chi connectivity index (χ0) is 13.1. The molecule has 18 heavy (non-hydrogen) atoms. The second-order valence-electron chi connectivity index (χ2n) is 4.84. The van der Waals surface area contributed by atoms with E-state index < -0.39 is 0 Å². The van der Waals surface area contributed by atoms with Crippen LogP contribution in [0.1, 0.15) is 35.2 Å². The smallest absolute Gasteiger partial charge is 0.254 e. The largest absolute Gasteiger partial charge is 0.336 e. The van der Waals surface area contributed by atoms with E-state index in [1.54, 1.807) is 19.1 Å². The molecular formula is C14H19FN2O. The minimum Gasteiger partial charge on any atom is -0.336 e. The minimum atomic E-state index is -0.272. The molecule has 1 fully saturated rings. The van der Waals surface area contributed by atoms with E-state index in [2.05, 4.69) is 0 Å². The molecule has 0 spiro atoms. The molecule has 0 saturated heterocycles. The van der Waals surface area contributed by atoms with Crippen molar-refractivity contribution in [2.45, 2.75) is 32.2 Å². The zero-order valence-corrected chi connectivity index (χ0v) is 10.7. The van der Waals surface area contributed by atoms with Gasteiger partial charge in [0.05, 0.1) is 0 Å². The summed E-state index contributed by atoms with van der Waals surface area (Å²) >= 11 is 0. The average molecular weight is 250 g/mol. The maximum Gasteiger partial charge on any atom is 0.254 e. The van der Waals surface area contributed by atoms with Crippen molar-refractivity contribution < 1.29 is 9.18 Å². The van der Waals surface area contributed by atoms with E-state index in [0.29, 0.717) is 30.3 Å². The van der Waals surface area contributed by atoms with Gasteiger partial charge in [0.2, 0.25) is 0 Å². The van der Waals surface area contributed by atoms with Gasteiger partial charge in [-0.2, -0.15) is 0 Å². The van der Waals surface area contributed by atoms with E-state index in [0.717, 1.165) is 19.3 Å². The summed E-state index contributed by atoms with van der Waals surface area (Å²) in [4.78, 5) is 14.2. The van der Waals surface area contributed by atoms with Crippen molar-refractivity contribution in [3.63, 3.8) is 0 Å². The lowest BCUT2D eigenvalue weighted by Gasteiger charge is -2.22. The molecule has 2 N–H and O–H groups in total. The molecule has 0 radical (unpaired) electrons. The van der Waals surface area contributed by atoms with Crippen LogP contribution in [0.25, 0.3) is 0 Å². The fourth-order valence-corrected chi connectivity index (χ4v) is 2.04. The Morgan fingerprint density at radius 3 is 2.78 bits per heavy atom. The number of amides is 1. The summed E-state index contributed by atoms with van der Waals surface area (Å²) in [6, 6.07) is 4.89. The number of benzene rings is 1. The van der Waals surface area contributed by atoms with E-state index in [-0.39, 0.29) is 11.7 Å². The van der Waals surface area contributed by atoms with Crippen molar-refractivity contribution in [3.8, 4) is 0 Å². The van der Waals surface area contributed by atoms with Gasteiger partial charge < -0.3 is 10.6 Å². The number of hydrogen-bond donors (Lipinski definition) is 1. The third-order valence-electron chi connectivity index (χ3n) is 3.26. The summed E-state index contributed by atoms with van der Waals surface area (Å²) in [6.07, 6.45) is 2.94. The normalized spacial score (nSPS) is 14.6. The Balaban J connectivity index is 2.13. The standard InChI is InChI=1S/C14H19FN2O/c1-10-9-11(3-6-13(10)15)14(18)17(8-2-7-16)12-4-5-12/h3,6,9,12H,2,4-5,7-8,16H2,1H3. The number of nitrogens with two attached hydrogens (primary N) is 1. The summed E-state index contributed by atoms with van der Waals surface area (Å²) in [5.41, 5.74) is 6.57. The molecule has 0 heterocycles. The molecule has 1 aromatic carbocycles. The number of halogens is 1. The highest BCUT2D eigenvalue weighted by Crippen LogP contribution is 2.28. The Morgan fingerprint density at radius 2 is 2.22 bits per heavy atom. The van der Waals surface area contributed by atoms with Crippen LogP contribution < -0.4 is 5.73 Å². The van der Waals surface area contributed by atoms with Crippen molar-refractivity contribution in [2.75, 3.05) is 13.1 Å². The highest BCUT2D eigenvalue weighted by Gasteiger charge is 2.32. The lowest BCUT2D eigenvalue weighted by atomic mass is 10.1. The molecule has 1 aromatic rings. The monoisotopic (exact) mass is 250 g/mol. The van der Waals surface area contributed by atoms with Crippen molar-refractivity contribution in [2.24, 2.45) is 5.73 Å². The molecule has 2 rings (SSSR count). The number of nitrogens with zero attached hydrogens (tertiary/aromatic N) is 1. The molecule has 1 saturated carbocycles. The molecule has 0 unspecified atom stereocenters. The van der Waals surface area contributed by atoms with E-state index in [1.807, 2.05) is 4.90 Å². The summed E-state index contributed by atoms with van der Waals surface area (Å²) in [5, 5.41) is 0. The van der Waals surface area contributed by atoms with E-state index in [9.17, 15) is 9.18 Å². The second kappa shape index (κ2) is 5.48. The lowest BCUT2D eigenvalue weighted by molar-refractivity contribution is 0.0742. The third-order valence-corrected chi connectivity index (χ3v) is 3.26. The maximum absolute atomic E-state index is 13.2. The lowest BCUT2D eigenvalue weighted by Crippen LogP contribution is -2.35. The number of rotatable bonds is 5. The second-order valence-corrected chi connectivity index (χ2v) is 4.84. The zero-order valence-electron chi connectivity index (χ0n) is 10.7. The molecule has 1 aliphatic carbocycles. The van der Waals surface area contributed by atoms with Crippen LogP contribution in [-0.2, 0) is 0 Å². The molecular weight excluding hydrogens is 231 g/mol. The fraction of sp³-hybridized carbons (Fsp3) is 0.500. The van der Waals surface area contributed by atoms with Crippen LogP contribution >= 0.6 is 0 Å². The van der Waals surface area contributed by atoms with Crippen molar-refractivity contribution in [3.05, 3.63) is 35.1 Å². The van der Waals surface area contributed by atoms with Crippen LogP contribution in [0.3, 0.4) is 0 Å². The number of aryl methyl sites for hydroxylation is 1. The predicted molar refractivity (Wildman–Crippen MR) is 68.9 cm³/mol. The molecule has 0 aliphatic heterocycles. The van der Waals surface area contributed by atoms with Crippen LogP contribution in [-0.4, -0.2) is 29.9 Å². The van der Waals surface area contributed by atoms with Crippen molar-refractivity contribution in [1.82, 2.24) is 4.90 Å². The van der Waals surface area contributed by atoms with E-state index in [1.165, 1.54) is 6.07 Å².